The fraction of sp³-hybridized carbons (Fsp3) is 0.278. The zero-order valence-corrected chi connectivity index (χ0v) is 16.8. The Morgan fingerprint density at radius 3 is 2.85 bits per heavy atom. The Kier molecular flexibility index (Phi) is 4.81. The van der Waals surface area contributed by atoms with E-state index in [0.29, 0.717) is 22.0 Å². The van der Waals surface area contributed by atoms with E-state index in [0.717, 1.165) is 33.3 Å². The van der Waals surface area contributed by atoms with E-state index in [1.165, 1.54) is 11.3 Å². The zero-order chi connectivity index (χ0) is 19.0. The number of oxazole rings is 1. The summed E-state index contributed by atoms with van der Waals surface area (Å²) >= 11 is 2.96. The fourth-order valence-corrected chi connectivity index (χ4v) is 4.66. The average molecular weight is 402 g/mol. The predicted octanol–water partition coefficient (Wildman–Crippen LogP) is 4.03. The lowest BCUT2D eigenvalue weighted by Gasteiger charge is -2.08. The summed E-state index contributed by atoms with van der Waals surface area (Å²) in [5, 5.41) is 7.12. The summed E-state index contributed by atoms with van der Waals surface area (Å²) in [5.41, 5.74) is 2.13. The molecule has 3 heterocycles. The second kappa shape index (κ2) is 7.26. The summed E-state index contributed by atoms with van der Waals surface area (Å²) in [4.78, 5) is 25.1. The standard InChI is InChI=1S/C18H19N5O2S2/c1-10-20-12-8-11(4-5-13(12)25-10)21-16(24)14-9-15-17(26-14)22-18(27-15)19-6-7-23(2)3/h4-5,8-9H,6-7H2,1-3H3,(H,19,22)(H,21,24). The highest BCUT2D eigenvalue weighted by Gasteiger charge is 2.15. The van der Waals surface area contributed by atoms with Gasteiger partial charge < -0.3 is 20.0 Å². The van der Waals surface area contributed by atoms with Crippen molar-refractivity contribution >= 4 is 60.0 Å². The van der Waals surface area contributed by atoms with E-state index in [1.807, 2.05) is 38.4 Å². The smallest absolute Gasteiger partial charge is 0.265 e. The molecule has 0 aliphatic carbocycles. The number of likely N-dealkylation sites (N-methyl/N-ethyl adjacent to an activating group) is 1. The van der Waals surface area contributed by atoms with Crippen LogP contribution in [0.4, 0.5) is 10.8 Å². The van der Waals surface area contributed by atoms with E-state index in [1.54, 1.807) is 18.3 Å². The number of carbonyl (C=O) groups excluding carboxylic acids is 1. The fourth-order valence-electron chi connectivity index (χ4n) is 2.62. The van der Waals surface area contributed by atoms with Crippen LogP contribution in [-0.4, -0.2) is 48.0 Å². The summed E-state index contributed by atoms with van der Waals surface area (Å²) in [7, 11) is 4.07. The van der Waals surface area contributed by atoms with E-state index >= 15 is 0 Å². The number of hydrogen-bond acceptors (Lipinski definition) is 8. The van der Waals surface area contributed by atoms with Crippen molar-refractivity contribution in [1.29, 1.82) is 0 Å². The minimum absolute atomic E-state index is 0.146. The number of benzene rings is 1. The van der Waals surface area contributed by atoms with Gasteiger partial charge in [0.25, 0.3) is 5.91 Å². The topological polar surface area (TPSA) is 83.3 Å². The molecule has 4 aromatic rings. The Bertz CT molecular complexity index is 1080. The predicted molar refractivity (Wildman–Crippen MR) is 111 cm³/mol. The van der Waals surface area contributed by atoms with Gasteiger partial charge in [-0.05, 0) is 38.4 Å². The number of thiophene rings is 1. The number of nitrogens with zero attached hydrogens (tertiary/aromatic N) is 3. The van der Waals surface area contributed by atoms with Gasteiger partial charge in [-0.3, -0.25) is 4.79 Å². The van der Waals surface area contributed by atoms with Gasteiger partial charge in [0.15, 0.2) is 16.6 Å². The van der Waals surface area contributed by atoms with E-state index in [-0.39, 0.29) is 5.91 Å². The summed E-state index contributed by atoms with van der Waals surface area (Å²) in [5.74, 6) is 0.458. The number of thiazole rings is 1. The number of aromatic nitrogens is 2. The number of amides is 1. The number of hydrogen-bond donors (Lipinski definition) is 2. The first-order valence-corrected chi connectivity index (χ1v) is 10.1. The van der Waals surface area contributed by atoms with Crippen LogP contribution < -0.4 is 10.6 Å². The maximum Gasteiger partial charge on any atom is 0.265 e. The Balaban J connectivity index is 1.46. The molecule has 4 rings (SSSR count). The lowest BCUT2D eigenvalue weighted by Crippen LogP contribution is -2.20. The van der Waals surface area contributed by atoms with Crippen LogP contribution in [0.15, 0.2) is 28.7 Å². The van der Waals surface area contributed by atoms with Crippen molar-refractivity contribution in [2.75, 3.05) is 37.8 Å². The van der Waals surface area contributed by atoms with Crippen molar-refractivity contribution in [3.8, 4) is 0 Å². The first-order chi connectivity index (χ1) is 13.0. The first kappa shape index (κ1) is 17.9. The van der Waals surface area contributed by atoms with Crippen LogP contribution >= 0.6 is 22.7 Å². The number of nitrogens with one attached hydrogen (secondary N) is 2. The Morgan fingerprint density at radius 2 is 2.07 bits per heavy atom. The van der Waals surface area contributed by atoms with Gasteiger partial charge in [0.05, 0.1) is 9.58 Å². The highest BCUT2D eigenvalue weighted by atomic mass is 32.1. The molecule has 140 valence electrons. The van der Waals surface area contributed by atoms with Crippen LogP contribution in [-0.2, 0) is 0 Å². The first-order valence-electron chi connectivity index (χ1n) is 8.45. The van der Waals surface area contributed by atoms with Gasteiger partial charge in [0, 0.05) is 25.7 Å². The Morgan fingerprint density at radius 1 is 1.22 bits per heavy atom. The van der Waals surface area contributed by atoms with Gasteiger partial charge in [-0.25, -0.2) is 9.97 Å². The van der Waals surface area contributed by atoms with Gasteiger partial charge >= 0.3 is 0 Å². The van der Waals surface area contributed by atoms with Gasteiger partial charge in [0.2, 0.25) is 0 Å². The van der Waals surface area contributed by atoms with Gasteiger partial charge in [-0.2, -0.15) is 0 Å². The van der Waals surface area contributed by atoms with Crippen molar-refractivity contribution in [3.63, 3.8) is 0 Å². The monoisotopic (exact) mass is 401 g/mol. The molecule has 0 fully saturated rings. The van der Waals surface area contributed by atoms with E-state index in [9.17, 15) is 4.79 Å². The third-order valence-corrected chi connectivity index (χ3v) is 6.02. The molecule has 0 aliphatic heterocycles. The van der Waals surface area contributed by atoms with Crippen molar-refractivity contribution in [3.05, 3.63) is 35.0 Å². The second-order valence-electron chi connectivity index (χ2n) is 6.40. The van der Waals surface area contributed by atoms with Crippen molar-refractivity contribution in [2.24, 2.45) is 0 Å². The highest BCUT2D eigenvalue weighted by Crippen LogP contribution is 2.33. The minimum atomic E-state index is -0.146. The molecule has 0 spiro atoms. The zero-order valence-electron chi connectivity index (χ0n) is 15.2. The highest BCUT2D eigenvalue weighted by molar-refractivity contribution is 7.29. The third-order valence-electron chi connectivity index (χ3n) is 3.90. The van der Waals surface area contributed by atoms with Crippen LogP contribution in [0.25, 0.3) is 20.6 Å². The van der Waals surface area contributed by atoms with E-state index in [2.05, 4.69) is 25.5 Å². The molecule has 0 radical (unpaired) electrons. The van der Waals surface area contributed by atoms with Gasteiger partial charge in [0.1, 0.15) is 10.3 Å². The molecule has 1 aromatic carbocycles. The largest absolute Gasteiger partial charge is 0.441 e. The number of aryl methyl sites for hydroxylation is 1. The lowest BCUT2D eigenvalue weighted by molar-refractivity contribution is 0.103. The number of fused-ring (bicyclic) bond motifs is 2. The van der Waals surface area contributed by atoms with Crippen LogP contribution in [0.2, 0.25) is 0 Å². The molecule has 3 aromatic heterocycles. The van der Waals surface area contributed by atoms with Crippen molar-refractivity contribution < 1.29 is 9.21 Å². The maximum atomic E-state index is 12.6. The Hall–Kier alpha value is -2.49. The van der Waals surface area contributed by atoms with Crippen LogP contribution in [0.1, 0.15) is 15.6 Å². The summed E-state index contributed by atoms with van der Waals surface area (Å²) in [6.45, 7) is 3.58. The number of carbonyl (C=O) groups is 1. The lowest BCUT2D eigenvalue weighted by atomic mass is 10.3. The van der Waals surface area contributed by atoms with Crippen molar-refractivity contribution in [1.82, 2.24) is 14.9 Å². The number of anilines is 2. The molecule has 0 aliphatic rings. The molecule has 0 unspecified atom stereocenters. The van der Waals surface area contributed by atoms with Crippen LogP contribution in [0.3, 0.4) is 0 Å². The maximum absolute atomic E-state index is 12.6. The molecule has 27 heavy (non-hydrogen) atoms. The van der Waals surface area contributed by atoms with Gasteiger partial charge in [-0.15, -0.1) is 11.3 Å². The molecular weight excluding hydrogens is 382 g/mol. The quantitative estimate of drug-likeness (QED) is 0.507. The summed E-state index contributed by atoms with van der Waals surface area (Å²) < 4.78 is 6.47. The molecule has 9 heteroatoms. The van der Waals surface area contributed by atoms with Crippen LogP contribution in [0, 0.1) is 6.92 Å². The molecule has 2 N–H and O–H groups in total. The third kappa shape index (κ3) is 3.95. The van der Waals surface area contributed by atoms with Crippen molar-refractivity contribution in [2.45, 2.75) is 6.92 Å². The molecule has 0 saturated heterocycles. The SMILES string of the molecule is Cc1nc2cc(NC(=O)c3cc4sc(NCCN(C)C)nc4s3)ccc2o1. The summed E-state index contributed by atoms with van der Waals surface area (Å²) in [6, 6.07) is 7.32. The molecule has 0 saturated carbocycles. The average Bonchev–Trinajstić information content (AvgIpc) is 3.25. The Labute approximate surface area is 164 Å². The number of rotatable bonds is 6. The molecule has 0 bridgehead atoms. The molecule has 0 atom stereocenters. The molecule has 7 nitrogen and oxygen atoms in total. The van der Waals surface area contributed by atoms with Gasteiger partial charge in [-0.1, -0.05) is 11.3 Å². The normalized spacial score (nSPS) is 11.6. The molecule has 1 amide bonds. The van der Waals surface area contributed by atoms with E-state index < -0.39 is 0 Å². The minimum Gasteiger partial charge on any atom is -0.441 e. The van der Waals surface area contributed by atoms with Crippen LogP contribution in [0.5, 0.6) is 0 Å². The molecular formula is C18H19N5O2S2. The summed E-state index contributed by atoms with van der Waals surface area (Å²) in [6.07, 6.45) is 0. The second-order valence-corrected chi connectivity index (χ2v) is 8.46. The van der Waals surface area contributed by atoms with E-state index in [4.69, 9.17) is 4.42 Å².